The number of rotatable bonds is 5. The number of carbonyl (C=O) groups excluding carboxylic acids is 2. The van der Waals surface area contributed by atoms with E-state index in [-0.39, 0.29) is 30.3 Å². The molecule has 1 aliphatic heterocycles. The van der Waals surface area contributed by atoms with Crippen LogP contribution in [-0.4, -0.2) is 35.3 Å². The van der Waals surface area contributed by atoms with Crippen molar-refractivity contribution in [3.63, 3.8) is 0 Å². The number of fused-ring (bicyclic) bond motifs is 1. The number of halogens is 1. The lowest BCUT2D eigenvalue weighted by molar-refractivity contribution is -0.121. The average Bonchev–Trinajstić information content (AvgIpc) is 3.53. The van der Waals surface area contributed by atoms with Gasteiger partial charge in [-0.25, -0.2) is 0 Å². The number of para-hydroxylation sites is 2. The minimum atomic E-state index is -0.196. The second kappa shape index (κ2) is 8.17. The SMILES string of the molecule is C[C@@H]1CC(=O)Nc2ccccc2N1C(=O)CN(C1CC1)[C@H](C)c1ccc(Cl)cc1. The molecule has 2 aromatic rings. The summed E-state index contributed by atoms with van der Waals surface area (Å²) in [6.07, 6.45) is 2.51. The molecule has 6 heteroatoms. The van der Waals surface area contributed by atoms with E-state index in [4.69, 9.17) is 11.6 Å². The van der Waals surface area contributed by atoms with Crippen LogP contribution in [0, 0.1) is 0 Å². The molecule has 0 spiro atoms. The molecule has 2 aromatic carbocycles. The van der Waals surface area contributed by atoms with E-state index in [1.807, 2.05) is 55.5 Å². The largest absolute Gasteiger partial charge is 0.324 e. The van der Waals surface area contributed by atoms with Crippen molar-refractivity contribution in [2.45, 2.75) is 51.2 Å². The van der Waals surface area contributed by atoms with Crippen molar-refractivity contribution in [3.05, 3.63) is 59.1 Å². The highest BCUT2D eigenvalue weighted by molar-refractivity contribution is 6.30. The maximum atomic E-state index is 13.5. The third-order valence-electron chi connectivity index (χ3n) is 5.81. The Morgan fingerprint density at radius 1 is 1.21 bits per heavy atom. The van der Waals surface area contributed by atoms with Crippen molar-refractivity contribution in [2.24, 2.45) is 0 Å². The first kappa shape index (κ1) is 19.9. The number of nitrogens with one attached hydrogen (secondary N) is 1. The van der Waals surface area contributed by atoms with Crippen LogP contribution in [0.2, 0.25) is 5.02 Å². The predicted molar refractivity (Wildman–Crippen MR) is 116 cm³/mol. The molecule has 0 unspecified atom stereocenters. The zero-order chi connectivity index (χ0) is 20.5. The van der Waals surface area contributed by atoms with Crippen LogP contribution in [-0.2, 0) is 9.59 Å². The molecule has 0 bridgehead atoms. The molecule has 2 aliphatic rings. The molecule has 152 valence electrons. The Kier molecular flexibility index (Phi) is 5.61. The van der Waals surface area contributed by atoms with Gasteiger partial charge >= 0.3 is 0 Å². The Hall–Kier alpha value is -2.37. The van der Waals surface area contributed by atoms with Gasteiger partial charge in [-0.2, -0.15) is 0 Å². The Morgan fingerprint density at radius 2 is 1.90 bits per heavy atom. The van der Waals surface area contributed by atoms with Gasteiger partial charge in [-0.1, -0.05) is 35.9 Å². The lowest BCUT2D eigenvalue weighted by Crippen LogP contribution is -2.46. The van der Waals surface area contributed by atoms with Crippen LogP contribution in [0.15, 0.2) is 48.5 Å². The molecule has 0 saturated heterocycles. The van der Waals surface area contributed by atoms with Crippen LogP contribution < -0.4 is 10.2 Å². The maximum absolute atomic E-state index is 13.5. The molecule has 4 rings (SSSR count). The minimum absolute atomic E-state index is 0.0224. The quantitative estimate of drug-likeness (QED) is 0.780. The van der Waals surface area contributed by atoms with Gasteiger partial charge in [-0.3, -0.25) is 14.5 Å². The average molecular weight is 412 g/mol. The summed E-state index contributed by atoms with van der Waals surface area (Å²) in [7, 11) is 0. The van der Waals surface area contributed by atoms with Crippen molar-refractivity contribution < 1.29 is 9.59 Å². The molecule has 1 heterocycles. The van der Waals surface area contributed by atoms with E-state index in [0.717, 1.165) is 24.1 Å². The molecule has 0 aromatic heterocycles. The van der Waals surface area contributed by atoms with Gasteiger partial charge in [0, 0.05) is 29.6 Å². The van der Waals surface area contributed by atoms with Crippen molar-refractivity contribution in [1.82, 2.24) is 4.90 Å². The highest BCUT2D eigenvalue weighted by atomic mass is 35.5. The Balaban J connectivity index is 1.59. The molecule has 1 N–H and O–H groups in total. The van der Waals surface area contributed by atoms with Crippen molar-refractivity contribution in [2.75, 3.05) is 16.8 Å². The monoisotopic (exact) mass is 411 g/mol. The predicted octanol–water partition coefficient (Wildman–Crippen LogP) is 4.63. The lowest BCUT2D eigenvalue weighted by Gasteiger charge is -2.34. The molecule has 2 atom stereocenters. The summed E-state index contributed by atoms with van der Waals surface area (Å²) >= 11 is 6.04. The van der Waals surface area contributed by atoms with Crippen molar-refractivity contribution >= 4 is 34.8 Å². The Morgan fingerprint density at radius 3 is 2.59 bits per heavy atom. The fourth-order valence-electron chi connectivity index (χ4n) is 4.12. The summed E-state index contributed by atoms with van der Waals surface area (Å²) in [4.78, 5) is 29.8. The number of hydrogen-bond donors (Lipinski definition) is 1. The molecule has 1 fully saturated rings. The molecular weight excluding hydrogens is 386 g/mol. The van der Waals surface area contributed by atoms with E-state index in [1.165, 1.54) is 0 Å². The van der Waals surface area contributed by atoms with E-state index in [1.54, 1.807) is 4.90 Å². The summed E-state index contributed by atoms with van der Waals surface area (Å²) in [6, 6.07) is 15.7. The van der Waals surface area contributed by atoms with Gasteiger partial charge in [0.05, 0.1) is 17.9 Å². The first-order valence-corrected chi connectivity index (χ1v) is 10.5. The number of anilines is 2. The van der Waals surface area contributed by atoms with Crippen molar-refractivity contribution in [3.8, 4) is 0 Å². The van der Waals surface area contributed by atoms with Crippen LogP contribution in [0.5, 0.6) is 0 Å². The smallest absolute Gasteiger partial charge is 0.241 e. The third-order valence-corrected chi connectivity index (χ3v) is 6.06. The van der Waals surface area contributed by atoms with Gasteiger partial charge < -0.3 is 10.2 Å². The molecule has 29 heavy (non-hydrogen) atoms. The lowest BCUT2D eigenvalue weighted by atomic mass is 10.1. The molecule has 1 saturated carbocycles. The normalized spacial score (nSPS) is 20.1. The van der Waals surface area contributed by atoms with Crippen LogP contribution in [0.1, 0.15) is 44.7 Å². The van der Waals surface area contributed by atoms with E-state index in [2.05, 4.69) is 17.1 Å². The van der Waals surface area contributed by atoms with E-state index < -0.39 is 0 Å². The molecule has 5 nitrogen and oxygen atoms in total. The second-order valence-electron chi connectivity index (χ2n) is 8.01. The molecule has 2 amide bonds. The fraction of sp³-hybridized carbons (Fsp3) is 0.391. The standard InChI is InChI=1S/C23H26ClN3O2/c1-15-13-22(28)25-20-5-3-4-6-21(20)27(15)23(29)14-26(19-11-12-19)16(2)17-7-9-18(24)10-8-17/h3-10,15-16,19H,11-14H2,1-2H3,(H,25,28)/t15-,16-/m1/s1. The third kappa shape index (κ3) is 4.31. The van der Waals surface area contributed by atoms with Crippen LogP contribution in [0.4, 0.5) is 11.4 Å². The summed E-state index contributed by atoms with van der Waals surface area (Å²) in [5.74, 6) is -0.0389. The maximum Gasteiger partial charge on any atom is 0.241 e. The molecule has 1 aliphatic carbocycles. The van der Waals surface area contributed by atoms with Gasteiger partial charge in [0.2, 0.25) is 11.8 Å². The van der Waals surface area contributed by atoms with Gasteiger partial charge in [-0.15, -0.1) is 0 Å². The zero-order valence-corrected chi connectivity index (χ0v) is 17.5. The van der Waals surface area contributed by atoms with Gasteiger partial charge in [0.1, 0.15) is 0 Å². The van der Waals surface area contributed by atoms with Crippen LogP contribution in [0.3, 0.4) is 0 Å². The Labute approximate surface area is 176 Å². The molecule has 0 radical (unpaired) electrons. The van der Waals surface area contributed by atoms with Crippen molar-refractivity contribution in [1.29, 1.82) is 0 Å². The zero-order valence-electron chi connectivity index (χ0n) is 16.8. The first-order valence-electron chi connectivity index (χ1n) is 10.2. The van der Waals surface area contributed by atoms with E-state index >= 15 is 0 Å². The second-order valence-corrected chi connectivity index (χ2v) is 8.45. The van der Waals surface area contributed by atoms with Gasteiger partial charge in [-0.05, 0) is 56.5 Å². The molecular formula is C23H26ClN3O2. The summed E-state index contributed by atoms with van der Waals surface area (Å²) in [6.45, 7) is 4.39. The van der Waals surface area contributed by atoms with E-state index in [9.17, 15) is 9.59 Å². The summed E-state index contributed by atoms with van der Waals surface area (Å²) < 4.78 is 0. The Bertz CT molecular complexity index is 911. The van der Waals surface area contributed by atoms with Crippen LogP contribution >= 0.6 is 11.6 Å². The van der Waals surface area contributed by atoms with E-state index in [0.29, 0.717) is 23.3 Å². The number of carbonyl (C=O) groups is 2. The highest BCUT2D eigenvalue weighted by Gasteiger charge is 2.37. The first-order chi connectivity index (χ1) is 13.9. The van der Waals surface area contributed by atoms with Gasteiger partial charge in [0.25, 0.3) is 0 Å². The topological polar surface area (TPSA) is 52.7 Å². The fourth-order valence-corrected chi connectivity index (χ4v) is 4.25. The summed E-state index contributed by atoms with van der Waals surface area (Å²) in [5, 5.41) is 3.63. The number of nitrogens with zero attached hydrogens (tertiary/aromatic N) is 2. The number of benzene rings is 2. The summed E-state index contributed by atoms with van der Waals surface area (Å²) in [5.41, 5.74) is 2.61. The number of hydrogen-bond acceptors (Lipinski definition) is 3. The van der Waals surface area contributed by atoms with Crippen LogP contribution in [0.25, 0.3) is 0 Å². The van der Waals surface area contributed by atoms with Gasteiger partial charge in [0.15, 0.2) is 0 Å². The minimum Gasteiger partial charge on any atom is -0.324 e. The highest BCUT2D eigenvalue weighted by Crippen LogP contribution is 2.36. The number of amides is 2.